The van der Waals surface area contributed by atoms with Gasteiger partial charge in [0.15, 0.2) is 0 Å². The second-order valence-electron chi connectivity index (χ2n) is 16.9. The predicted molar refractivity (Wildman–Crippen MR) is 266 cm³/mol. The maximum Gasteiger partial charge on any atom is 0.488 e. The molecule has 0 amide bonds. The maximum absolute atomic E-state index is 9.95. The van der Waals surface area contributed by atoms with Crippen molar-refractivity contribution in [3.05, 3.63) is 0 Å². The molecule has 10 heteroatoms. The van der Waals surface area contributed by atoms with Crippen molar-refractivity contribution < 1.29 is 28.0 Å². The lowest BCUT2D eigenvalue weighted by Crippen LogP contribution is -2.12. The zero-order chi connectivity index (χ0) is 44.4. The highest BCUT2D eigenvalue weighted by Crippen LogP contribution is 2.62. The van der Waals surface area contributed by atoms with Gasteiger partial charge in [-0.25, -0.2) is 0 Å². The van der Waals surface area contributed by atoms with Crippen molar-refractivity contribution in [3.8, 4) is 0 Å². The van der Waals surface area contributed by atoms with Crippen molar-refractivity contribution in [3.63, 3.8) is 0 Å². The van der Waals surface area contributed by atoms with E-state index in [-0.39, 0.29) is 0 Å². The summed E-state index contributed by atoms with van der Waals surface area (Å²) in [5.74, 6) is 0. The van der Waals surface area contributed by atoms with Crippen LogP contribution in [-0.2, 0) is 18.2 Å². The molecule has 0 saturated heterocycles. The van der Waals surface area contributed by atoms with E-state index in [1.54, 1.807) is 49.3 Å². The van der Waals surface area contributed by atoms with E-state index >= 15 is 0 Å². The van der Waals surface area contributed by atoms with Gasteiger partial charge >= 0.3 is 16.5 Å². The molecule has 0 N–H and O–H groups in total. The predicted octanol–water partition coefficient (Wildman–Crippen LogP) is 17.2. The third-order valence-electron chi connectivity index (χ3n) is 11.3. The van der Waals surface area contributed by atoms with Crippen molar-refractivity contribution in [2.24, 2.45) is 0 Å². The van der Waals surface area contributed by atoms with Crippen molar-refractivity contribution in [2.75, 3.05) is 62.5 Å². The molecule has 0 heterocycles. The standard InChI is InChI=1S/2C16H36P.2C8H17O3P/c2*1-5-9-13-17(14-10-6-2,15-11-7-3)16-12-8-4;2*1-2-3-4-5-6-7-8-11-12(9)10/h2*5-16H2,1-4H3;2*2-8H2,1H3/q2*+1;;. The van der Waals surface area contributed by atoms with Gasteiger partial charge in [0.1, 0.15) is 13.2 Å². The van der Waals surface area contributed by atoms with Crippen LogP contribution in [0.1, 0.15) is 249 Å². The van der Waals surface area contributed by atoms with Crippen LogP contribution in [-0.4, -0.2) is 62.5 Å². The van der Waals surface area contributed by atoms with Crippen molar-refractivity contribution in [1.82, 2.24) is 0 Å². The SMILES string of the molecule is CCCCCCCCO[P+](=O)[O-].CCCCCCCCO[P+](=O)[O-].CCCC[P+](CCCC)(CCCC)CCCC.CCCC[P+](CCCC)(CCCC)CCCC. The van der Waals surface area contributed by atoms with E-state index in [2.05, 4.69) is 78.3 Å². The zero-order valence-corrected chi connectivity index (χ0v) is 44.7. The summed E-state index contributed by atoms with van der Waals surface area (Å²) in [4.78, 5) is 19.9. The van der Waals surface area contributed by atoms with E-state index in [1.165, 1.54) is 154 Å². The molecule has 0 aliphatic rings. The van der Waals surface area contributed by atoms with E-state index in [9.17, 15) is 18.9 Å². The molecular formula is C48H106O6P4+2. The van der Waals surface area contributed by atoms with E-state index in [0.29, 0.717) is 13.2 Å². The average molecular weight is 903 g/mol. The average Bonchev–Trinajstić information content (AvgIpc) is 3.22. The number of hydrogen-bond acceptors (Lipinski definition) is 6. The Balaban J connectivity index is -0.000000340. The van der Waals surface area contributed by atoms with Crippen LogP contribution in [0.3, 0.4) is 0 Å². The number of unbranched alkanes of at least 4 members (excludes halogenated alkanes) is 18. The van der Waals surface area contributed by atoms with Crippen LogP contribution in [0.25, 0.3) is 0 Å². The Morgan fingerprint density at radius 2 is 0.466 bits per heavy atom. The normalized spacial score (nSPS) is 11.9. The molecule has 58 heavy (non-hydrogen) atoms. The summed E-state index contributed by atoms with van der Waals surface area (Å²) in [5, 5.41) is 0. The molecule has 0 aromatic rings. The molecule has 0 rings (SSSR count). The summed E-state index contributed by atoms with van der Waals surface area (Å²) in [6.45, 7) is 23.9. The molecule has 0 aromatic heterocycles. The van der Waals surface area contributed by atoms with Gasteiger partial charge in [0, 0.05) is 14.5 Å². The third-order valence-corrected chi connectivity index (χ3v) is 22.2. The second-order valence-corrected chi connectivity index (χ2v) is 27.3. The smallest absolute Gasteiger partial charge is 0.488 e. The first-order valence-corrected chi connectivity index (χ1v) is 32.5. The largest absolute Gasteiger partial charge is 0.566 e. The van der Waals surface area contributed by atoms with Crippen LogP contribution in [0.2, 0.25) is 0 Å². The quantitative estimate of drug-likeness (QED) is 0.0449. The first-order chi connectivity index (χ1) is 28.0. The second kappa shape index (κ2) is 54.0. The molecule has 0 saturated carbocycles. The summed E-state index contributed by atoms with van der Waals surface area (Å²) < 4.78 is 28.7. The molecule has 0 aromatic carbocycles. The van der Waals surface area contributed by atoms with Gasteiger partial charge in [0.05, 0.1) is 49.3 Å². The van der Waals surface area contributed by atoms with E-state index in [0.717, 1.165) is 25.7 Å². The minimum Gasteiger partial charge on any atom is -0.566 e. The van der Waals surface area contributed by atoms with Crippen molar-refractivity contribution in [2.45, 2.75) is 249 Å². The summed E-state index contributed by atoms with van der Waals surface area (Å²) in [6, 6.07) is 0. The lowest BCUT2D eigenvalue weighted by molar-refractivity contribution is -0.186. The third kappa shape index (κ3) is 51.3. The van der Waals surface area contributed by atoms with Gasteiger partial charge in [0.2, 0.25) is 0 Å². The fourth-order valence-electron chi connectivity index (χ4n) is 7.33. The summed E-state index contributed by atoms with van der Waals surface area (Å²) in [5.41, 5.74) is 0. The number of rotatable bonds is 40. The van der Waals surface area contributed by atoms with Crippen LogP contribution in [0, 0.1) is 0 Å². The Morgan fingerprint density at radius 3 is 0.638 bits per heavy atom. The molecule has 0 radical (unpaired) electrons. The van der Waals surface area contributed by atoms with Crippen molar-refractivity contribution in [1.29, 1.82) is 0 Å². The van der Waals surface area contributed by atoms with Crippen LogP contribution in [0.5, 0.6) is 0 Å². The lowest BCUT2D eigenvalue weighted by Gasteiger charge is -2.28. The Morgan fingerprint density at radius 1 is 0.293 bits per heavy atom. The molecular weight excluding hydrogens is 796 g/mol. The highest BCUT2D eigenvalue weighted by Gasteiger charge is 2.35. The number of hydrogen-bond donors (Lipinski definition) is 0. The Bertz CT molecular complexity index is 665. The molecule has 352 valence electrons. The highest BCUT2D eigenvalue weighted by atomic mass is 31.2. The van der Waals surface area contributed by atoms with Gasteiger partial charge in [0.25, 0.3) is 0 Å². The van der Waals surface area contributed by atoms with Gasteiger partial charge in [-0.1, -0.05) is 185 Å². The van der Waals surface area contributed by atoms with Crippen molar-refractivity contribution >= 4 is 31.0 Å². The fraction of sp³-hybridized carbons (Fsp3) is 1.00. The molecule has 2 atom stereocenters. The molecule has 6 nitrogen and oxygen atoms in total. The monoisotopic (exact) mass is 903 g/mol. The van der Waals surface area contributed by atoms with E-state index in [1.807, 2.05) is 0 Å². The Labute approximate surface area is 369 Å². The van der Waals surface area contributed by atoms with Gasteiger partial charge in [-0.15, -0.1) is 9.05 Å². The minimum atomic E-state index is -2.63. The molecule has 0 spiro atoms. The lowest BCUT2D eigenvalue weighted by atomic mass is 10.1. The molecule has 0 fully saturated rings. The first-order valence-electron chi connectivity index (χ1n) is 25.3. The Kier molecular flexibility index (Phi) is 61.0. The van der Waals surface area contributed by atoms with Gasteiger partial charge in [-0.2, -0.15) is 0 Å². The summed E-state index contributed by atoms with van der Waals surface area (Å²) in [6.07, 6.45) is 49.6. The molecule has 0 aliphatic carbocycles. The van der Waals surface area contributed by atoms with E-state index in [4.69, 9.17) is 0 Å². The fourth-order valence-corrected chi connectivity index (χ4v) is 18.5. The molecule has 0 bridgehead atoms. The van der Waals surface area contributed by atoms with Crippen LogP contribution in [0.15, 0.2) is 0 Å². The molecule has 0 aliphatic heterocycles. The first kappa shape index (κ1) is 65.5. The van der Waals surface area contributed by atoms with Gasteiger partial charge < -0.3 is 9.79 Å². The van der Waals surface area contributed by atoms with E-state index < -0.39 is 31.0 Å². The maximum atomic E-state index is 9.95. The Hall–Kier alpha value is 0.900. The summed E-state index contributed by atoms with van der Waals surface area (Å²) >= 11 is 0. The van der Waals surface area contributed by atoms with Crippen LogP contribution < -0.4 is 9.79 Å². The van der Waals surface area contributed by atoms with Crippen LogP contribution in [0.4, 0.5) is 0 Å². The summed E-state index contributed by atoms with van der Waals surface area (Å²) in [7, 11) is -6.38. The van der Waals surface area contributed by atoms with Gasteiger partial charge in [-0.3, -0.25) is 0 Å². The van der Waals surface area contributed by atoms with Crippen LogP contribution >= 0.6 is 31.0 Å². The zero-order valence-electron chi connectivity index (χ0n) is 41.1. The molecule has 2 unspecified atom stereocenters. The van der Waals surface area contributed by atoms with Gasteiger partial charge in [-0.05, 0) is 73.3 Å². The minimum absolute atomic E-state index is 0.352. The highest BCUT2D eigenvalue weighted by molar-refractivity contribution is 7.76. The topological polar surface area (TPSA) is 98.7 Å².